The average Bonchev–Trinajstić information content (AvgIpc) is 2.97. The number of aromatic nitrogens is 2. The van der Waals surface area contributed by atoms with Crippen LogP contribution in [0.1, 0.15) is 25.7 Å². The fraction of sp³-hybridized carbons (Fsp3) is 0.375. The largest absolute Gasteiger partial charge is 0.320 e. The van der Waals surface area contributed by atoms with Gasteiger partial charge in [-0.05, 0) is 37.0 Å². The molecule has 5 heteroatoms. The first-order valence-corrected chi connectivity index (χ1v) is 7.61. The molecule has 3 rings (SSSR count). The van der Waals surface area contributed by atoms with Crippen molar-refractivity contribution in [1.82, 2.24) is 9.13 Å². The predicted octanol–water partition coefficient (Wildman–Crippen LogP) is 2.84. The van der Waals surface area contributed by atoms with Gasteiger partial charge in [-0.3, -0.25) is 14.2 Å². The number of hydrogen-bond acceptors (Lipinski definition) is 2. The van der Waals surface area contributed by atoms with Gasteiger partial charge in [0.05, 0.1) is 5.69 Å². The zero-order valence-corrected chi connectivity index (χ0v) is 12.4. The smallest absolute Gasteiger partial charge is 0.309 e. The van der Waals surface area contributed by atoms with Crippen molar-refractivity contribution in [3.8, 4) is 5.69 Å². The quantitative estimate of drug-likeness (QED) is 0.818. The molecule has 0 N–H and O–H groups in total. The van der Waals surface area contributed by atoms with Crippen molar-refractivity contribution in [3.63, 3.8) is 0 Å². The van der Waals surface area contributed by atoms with Crippen LogP contribution in [0.5, 0.6) is 0 Å². The molecule has 0 spiro atoms. The highest BCUT2D eigenvalue weighted by Crippen LogP contribution is 2.25. The van der Waals surface area contributed by atoms with Crippen LogP contribution >= 0.6 is 11.6 Å². The fourth-order valence-corrected chi connectivity index (χ4v) is 3.14. The minimum atomic E-state index is -0.530. The molecule has 0 unspecified atom stereocenters. The summed E-state index contributed by atoms with van der Waals surface area (Å²) in [4.78, 5) is 24.5. The van der Waals surface area contributed by atoms with Gasteiger partial charge in [-0.15, -0.1) is 0 Å². The van der Waals surface area contributed by atoms with Crippen LogP contribution in [0.2, 0.25) is 5.02 Å². The molecule has 0 amide bonds. The highest BCUT2D eigenvalue weighted by atomic mass is 35.5. The predicted molar refractivity (Wildman–Crippen MR) is 83.3 cm³/mol. The van der Waals surface area contributed by atoms with E-state index in [0.717, 1.165) is 12.8 Å². The lowest BCUT2D eigenvalue weighted by atomic mass is 10.1. The second-order valence-corrected chi connectivity index (χ2v) is 6.00. The first kappa shape index (κ1) is 14.1. The minimum absolute atomic E-state index is 0.468. The standard InChI is InChI=1S/C16H17ClN2O2/c17-13-6-3-7-14(10-13)19-9-8-18(15(20)16(19)21)11-12-4-1-2-5-12/h3,6-10,12H,1-2,4-5,11H2. The zero-order valence-electron chi connectivity index (χ0n) is 11.7. The van der Waals surface area contributed by atoms with Gasteiger partial charge in [-0.2, -0.15) is 0 Å². The van der Waals surface area contributed by atoms with Crippen molar-refractivity contribution in [2.75, 3.05) is 0 Å². The van der Waals surface area contributed by atoms with Crippen LogP contribution in [0, 0.1) is 5.92 Å². The Morgan fingerprint density at radius 3 is 2.57 bits per heavy atom. The van der Waals surface area contributed by atoms with Gasteiger partial charge in [0, 0.05) is 24.0 Å². The van der Waals surface area contributed by atoms with Crippen molar-refractivity contribution in [3.05, 3.63) is 62.4 Å². The zero-order chi connectivity index (χ0) is 14.8. The summed E-state index contributed by atoms with van der Waals surface area (Å²) in [5.41, 5.74) is -0.389. The van der Waals surface area contributed by atoms with E-state index in [0.29, 0.717) is 23.2 Å². The van der Waals surface area contributed by atoms with Gasteiger partial charge in [-0.25, -0.2) is 0 Å². The van der Waals surface area contributed by atoms with E-state index in [1.807, 2.05) is 0 Å². The summed E-state index contributed by atoms with van der Waals surface area (Å²) in [5, 5.41) is 0.537. The third kappa shape index (κ3) is 2.95. The van der Waals surface area contributed by atoms with E-state index in [-0.39, 0.29) is 0 Å². The number of benzene rings is 1. The second kappa shape index (κ2) is 5.90. The van der Waals surface area contributed by atoms with Gasteiger partial charge in [0.15, 0.2) is 0 Å². The lowest BCUT2D eigenvalue weighted by Gasteiger charge is -2.12. The van der Waals surface area contributed by atoms with Crippen LogP contribution in [0.15, 0.2) is 46.2 Å². The molecule has 4 nitrogen and oxygen atoms in total. The molecule has 1 heterocycles. The molecule has 1 aromatic heterocycles. The Balaban J connectivity index is 1.96. The van der Waals surface area contributed by atoms with Crippen LogP contribution in [0.25, 0.3) is 5.69 Å². The highest BCUT2D eigenvalue weighted by molar-refractivity contribution is 6.30. The number of nitrogens with zero attached hydrogens (tertiary/aromatic N) is 2. The van der Waals surface area contributed by atoms with Crippen LogP contribution in [0.4, 0.5) is 0 Å². The molecule has 1 saturated carbocycles. The normalized spacial score (nSPS) is 15.5. The molecular formula is C16H17ClN2O2. The van der Waals surface area contributed by atoms with Gasteiger partial charge in [0.25, 0.3) is 0 Å². The fourth-order valence-electron chi connectivity index (χ4n) is 2.95. The topological polar surface area (TPSA) is 44.0 Å². The third-order valence-electron chi connectivity index (χ3n) is 4.07. The first-order valence-electron chi connectivity index (χ1n) is 7.23. The van der Waals surface area contributed by atoms with Gasteiger partial charge in [0.2, 0.25) is 0 Å². The Bertz CT molecular complexity index is 757. The van der Waals surface area contributed by atoms with Gasteiger partial charge < -0.3 is 4.57 Å². The Hall–Kier alpha value is -1.81. The molecule has 0 saturated heterocycles. The number of halogens is 1. The highest BCUT2D eigenvalue weighted by Gasteiger charge is 2.17. The van der Waals surface area contributed by atoms with E-state index >= 15 is 0 Å². The van der Waals surface area contributed by atoms with E-state index in [2.05, 4.69) is 0 Å². The van der Waals surface area contributed by atoms with Gasteiger partial charge in [0.1, 0.15) is 0 Å². The van der Waals surface area contributed by atoms with Gasteiger partial charge >= 0.3 is 11.1 Å². The molecule has 110 valence electrons. The maximum absolute atomic E-state index is 12.3. The van der Waals surface area contributed by atoms with Crippen LogP contribution in [0.3, 0.4) is 0 Å². The first-order chi connectivity index (χ1) is 10.1. The summed E-state index contributed by atoms with van der Waals surface area (Å²) in [6.07, 6.45) is 8.07. The molecule has 1 aromatic carbocycles. The molecule has 2 aromatic rings. The SMILES string of the molecule is O=c1c(=O)n(-c2cccc(Cl)c2)ccn1CC1CCCC1. The van der Waals surface area contributed by atoms with Crippen molar-refractivity contribution >= 4 is 11.6 Å². The molecule has 21 heavy (non-hydrogen) atoms. The monoisotopic (exact) mass is 304 g/mol. The molecule has 0 bridgehead atoms. The maximum atomic E-state index is 12.3. The molecule has 0 atom stereocenters. The summed E-state index contributed by atoms with van der Waals surface area (Å²) in [6.45, 7) is 0.643. The van der Waals surface area contributed by atoms with E-state index < -0.39 is 11.1 Å². The summed E-state index contributed by atoms with van der Waals surface area (Å²) in [7, 11) is 0. The second-order valence-electron chi connectivity index (χ2n) is 5.56. The van der Waals surface area contributed by atoms with Crippen molar-refractivity contribution in [2.24, 2.45) is 5.92 Å². The molecule has 0 radical (unpaired) electrons. The lowest BCUT2D eigenvalue weighted by molar-refractivity contribution is 0.445. The summed E-state index contributed by atoms with van der Waals surface area (Å²) in [5.74, 6) is 0.518. The van der Waals surface area contributed by atoms with Crippen molar-refractivity contribution in [1.29, 1.82) is 0 Å². The van der Waals surface area contributed by atoms with Crippen molar-refractivity contribution < 1.29 is 0 Å². The Kier molecular flexibility index (Phi) is 3.97. The van der Waals surface area contributed by atoms with Gasteiger partial charge in [-0.1, -0.05) is 30.5 Å². The summed E-state index contributed by atoms with van der Waals surface area (Å²) < 4.78 is 2.89. The Morgan fingerprint density at radius 1 is 1.10 bits per heavy atom. The molecule has 1 aliphatic carbocycles. The maximum Gasteiger partial charge on any atom is 0.320 e. The summed E-state index contributed by atoms with van der Waals surface area (Å²) in [6, 6.07) is 6.92. The Morgan fingerprint density at radius 2 is 1.86 bits per heavy atom. The number of rotatable bonds is 3. The molecular weight excluding hydrogens is 288 g/mol. The average molecular weight is 305 g/mol. The van der Waals surface area contributed by atoms with E-state index in [9.17, 15) is 9.59 Å². The summed E-state index contributed by atoms with van der Waals surface area (Å²) >= 11 is 5.93. The number of hydrogen-bond donors (Lipinski definition) is 0. The van der Waals surface area contributed by atoms with Crippen LogP contribution in [-0.4, -0.2) is 9.13 Å². The third-order valence-corrected chi connectivity index (χ3v) is 4.31. The van der Waals surface area contributed by atoms with E-state index in [1.165, 1.54) is 17.4 Å². The van der Waals surface area contributed by atoms with E-state index in [1.54, 1.807) is 41.2 Å². The van der Waals surface area contributed by atoms with Crippen LogP contribution < -0.4 is 11.1 Å². The van der Waals surface area contributed by atoms with E-state index in [4.69, 9.17) is 11.6 Å². The van der Waals surface area contributed by atoms with Crippen LogP contribution in [-0.2, 0) is 6.54 Å². The molecule has 1 aliphatic rings. The lowest BCUT2D eigenvalue weighted by Crippen LogP contribution is -2.40. The molecule has 1 fully saturated rings. The van der Waals surface area contributed by atoms with Crippen molar-refractivity contribution in [2.45, 2.75) is 32.2 Å². The Labute approximate surface area is 127 Å². The minimum Gasteiger partial charge on any atom is -0.309 e. The molecule has 0 aliphatic heterocycles.